The van der Waals surface area contributed by atoms with Gasteiger partial charge in [0.25, 0.3) is 0 Å². The average molecular weight is 351 g/mol. The highest BCUT2D eigenvalue weighted by atomic mass is 16.5. The van der Waals surface area contributed by atoms with Crippen molar-refractivity contribution in [3.63, 3.8) is 0 Å². The Morgan fingerprint density at radius 1 is 1.19 bits per heavy atom. The van der Waals surface area contributed by atoms with Crippen molar-refractivity contribution in [2.24, 2.45) is 0 Å². The number of benzene rings is 2. The van der Waals surface area contributed by atoms with E-state index in [1.54, 1.807) is 0 Å². The molecule has 134 valence electrons. The van der Waals surface area contributed by atoms with Crippen LogP contribution in [-0.4, -0.2) is 29.5 Å². The number of hydrogen-bond acceptors (Lipinski definition) is 6. The summed E-state index contributed by atoms with van der Waals surface area (Å²) in [6.07, 6.45) is 1.02. The molecule has 1 N–H and O–H groups in total. The van der Waals surface area contributed by atoms with Gasteiger partial charge >= 0.3 is 0 Å². The zero-order valence-electron chi connectivity index (χ0n) is 14.6. The second-order valence-electron chi connectivity index (χ2n) is 6.33. The lowest BCUT2D eigenvalue weighted by Crippen LogP contribution is -2.16. The highest BCUT2D eigenvalue weighted by Crippen LogP contribution is 2.27. The van der Waals surface area contributed by atoms with Crippen molar-refractivity contribution in [2.45, 2.75) is 26.0 Å². The average Bonchev–Trinajstić information content (AvgIpc) is 3.33. The summed E-state index contributed by atoms with van der Waals surface area (Å²) in [5.74, 6) is 1.93. The van der Waals surface area contributed by atoms with E-state index in [2.05, 4.69) is 15.5 Å². The number of nitrogens with zero attached hydrogens (tertiary/aromatic N) is 2. The van der Waals surface area contributed by atoms with Gasteiger partial charge in [-0.25, -0.2) is 0 Å². The Labute approximate surface area is 152 Å². The van der Waals surface area contributed by atoms with E-state index in [0.29, 0.717) is 24.9 Å². The van der Waals surface area contributed by atoms with Crippen molar-refractivity contribution in [1.82, 2.24) is 10.1 Å². The second-order valence-corrected chi connectivity index (χ2v) is 6.33. The lowest BCUT2D eigenvalue weighted by Gasteiger charge is -2.15. The van der Waals surface area contributed by atoms with Crippen LogP contribution in [0.4, 0.5) is 5.69 Å². The van der Waals surface area contributed by atoms with E-state index in [1.807, 2.05) is 55.5 Å². The van der Waals surface area contributed by atoms with Crippen LogP contribution in [0, 0.1) is 6.92 Å². The quantitative estimate of drug-likeness (QED) is 0.728. The Bertz CT molecular complexity index is 872. The molecule has 0 aliphatic carbocycles. The molecule has 4 rings (SSSR count). The highest BCUT2D eigenvalue weighted by molar-refractivity contribution is 5.57. The van der Waals surface area contributed by atoms with Crippen LogP contribution in [0.5, 0.6) is 5.75 Å². The van der Waals surface area contributed by atoms with Crippen molar-refractivity contribution in [3.8, 4) is 17.1 Å². The number of hydrogen-bond donors (Lipinski definition) is 1. The van der Waals surface area contributed by atoms with Gasteiger partial charge in [-0.2, -0.15) is 4.98 Å². The molecule has 2 heterocycles. The molecule has 1 aliphatic rings. The van der Waals surface area contributed by atoms with Gasteiger partial charge in [-0.05, 0) is 25.1 Å². The highest BCUT2D eigenvalue weighted by Gasteiger charge is 2.18. The van der Waals surface area contributed by atoms with E-state index >= 15 is 0 Å². The Morgan fingerprint density at radius 2 is 2.12 bits per heavy atom. The van der Waals surface area contributed by atoms with E-state index in [4.69, 9.17) is 14.0 Å². The summed E-state index contributed by atoms with van der Waals surface area (Å²) >= 11 is 0. The summed E-state index contributed by atoms with van der Waals surface area (Å²) in [5, 5.41) is 7.39. The maximum absolute atomic E-state index is 6.03. The number of anilines is 1. The second kappa shape index (κ2) is 7.58. The molecule has 0 radical (unpaired) electrons. The summed E-state index contributed by atoms with van der Waals surface area (Å²) < 4.78 is 16.8. The first kappa shape index (κ1) is 16.6. The number of nitrogens with one attached hydrogen (secondary N) is 1. The van der Waals surface area contributed by atoms with Gasteiger partial charge in [-0.3, -0.25) is 0 Å². The lowest BCUT2D eigenvalue weighted by molar-refractivity contribution is 0.142. The van der Waals surface area contributed by atoms with E-state index < -0.39 is 0 Å². The maximum atomic E-state index is 6.03. The predicted octanol–water partition coefficient (Wildman–Crippen LogP) is 3.82. The molecule has 1 fully saturated rings. The standard InChI is InChI=1S/C20H21N3O3/c1-14-5-4-6-15(11-14)20-22-19(26-23-20)12-21-17-7-2-3-8-18(17)25-16-9-10-24-13-16/h2-8,11,16,21H,9-10,12-13H2,1H3. The first-order chi connectivity index (χ1) is 12.8. The Kier molecular flexibility index (Phi) is 4.84. The number of ether oxygens (including phenoxy) is 2. The summed E-state index contributed by atoms with van der Waals surface area (Å²) in [7, 11) is 0. The molecule has 26 heavy (non-hydrogen) atoms. The molecular weight excluding hydrogens is 330 g/mol. The Balaban J connectivity index is 1.43. The molecule has 6 nitrogen and oxygen atoms in total. The lowest BCUT2D eigenvalue weighted by atomic mass is 10.1. The molecule has 0 bridgehead atoms. The molecule has 1 saturated heterocycles. The molecule has 0 amide bonds. The minimum absolute atomic E-state index is 0.106. The van der Waals surface area contributed by atoms with E-state index in [0.717, 1.165) is 35.6 Å². The summed E-state index contributed by atoms with van der Waals surface area (Å²) in [5.41, 5.74) is 3.01. The number of aromatic nitrogens is 2. The molecule has 1 unspecified atom stereocenters. The van der Waals surface area contributed by atoms with Crippen molar-refractivity contribution in [1.29, 1.82) is 0 Å². The van der Waals surface area contributed by atoms with Gasteiger partial charge in [0, 0.05) is 12.0 Å². The smallest absolute Gasteiger partial charge is 0.246 e. The van der Waals surface area contributed by atoms with Crippen LogP contribution in [0.25, 0.3) is 11.4 Å². The minimum atomic E-state index is 0.106. The first-order valence-corrected chi connectivity index (χ1v) is 8.75. The molecule has 0 saturated carbocycles. The molecule has 1 aromatic heterocycles. The fourth-order valence-electron chi connectivity index (χ4n) is 2.90. The molecule has 3 aromatic rings. The third kappa shape index (κ3) is 3.86. The predicted molar refractivity (Wildman–Crippen MR) is 98.1 cm³/mol. The molecule has 2 aromatic carbocycles. The van der Waals surface area contributed by atoms with Gasteiger partial charge < -0.3 is 19.3 Å². The topological polar surface area (TPSA) is 69.4 Å². The molecule has 1 atom stereocenters. The molecule has 0 spiro atoms. The van der Waals surface area contributed by atoms with Crippen LogP contribution in [0.3, 0.4) is 0 Å². The SMILES string of the molecule is Cc1cccc(-c2noc(CNc3ccccc3OC3CCOC3)n2)c1. The third-order valence-corrected chi connectivity index (χ3v) is 4.24. The first-order valence-electron chi connectivity index (χ1n) is 8.75. The van der Waals surface area contributed by atoms with E-state index in [1.165, 1.54) is 0 Å². The van der Waals surface area contributed by atoms with Crippen LogP contribution in [0.1, 0.15) is 17.9 Å². The van der Waals surface area contributed by atoms with Gasteiger partial charge in [0.15, 0.2) is 0 Å². The molecular formula is C20H21N3O3. The maximum Gasteiger partial charge on any atom is 0.246 e. The Morgan fingerprint density at radius 3 is 2.96 bits per heavy atom. The monoisotopic (exact) mass is 351 g/mol. The zero-order valence-corrected chi connectivity index (χ0v) is 14.6. The van der Waals surface area contributed by atoms with Crippen molar-refractivity contribution >= 4 is 5.69 Å². The summed E-state index contributed by atoms with van der Waals surface area (Å²) in [6.45, 7) is 3.86. The normalized spacial score (nSPS) is 16.6. The molecule has 1 aliphatic heterocycles. The zero-order chi connectivity index (χ0) is 17.8. The van der Waals surface area contributed by atoms with E-state index in [-0.39, 0.29) is 6.10 Å². The van der Waals surface area contributed by atoms with Crippen molar-refractivity contribution in [2.75, 3.05) is 18.5 Å². The van der Waals surface area contributed by atoms with Gasteiger partial charge in [0.05, 0.1) is 25.4 Å². The van der Waals surface area contributed by atoms with Gasteiger partial charge in [-0.1, -0.05) is 41.1 Å². The summed E-state index contributed by atoms with van der Waals surface area (Å²) in [4.78, 5) is 4.47. The largest absolute Gasteiger partial charge is 0.486 e. The van der Waals surface area contributed by atoms with Crippen LogP contribution >= 0.6 is 0 Å². The number of para-hydroxylation sites is 2. The van der Waals surface area contributed by atoms with Crippen molar-refractivity contribution < 1.29 is 14.0 Å². The van der Waals surface area contributed by atoms with Crippen LogP contribution in [0.15, 0.2) is 53.1 Å². The van der Waals surface area contributed by atoms with E-state index in [9.17, 15) is 0 Å². The number of aryl methyl sites for hydroxylation is 1. The fourth-order valence-corrected chi connectivity index (χ4v) is 2.90. The van der Waals surface area contributed by atoms with Crippen LogP contribution in [0.2, 0.25) is 0 Å². The number of rotatable bonds is 6. The van der Waals surface area contributed by atoms with Crippen LogP contribution in [-0.2, 0) is 11.3 Å². The minimum Gasteiger partial charge on any atom is -0.486 e. The molecule has 6 heteroatoms. The van der Waals surface area contributed by atoms with Gasteiger partial charge in [0.2, 0.25) is 11.7 Å². The van der Waals surface area contributed by atoms with Gasteiger partial charge in [0.1, 0.15) is 11.9 Å². The third-order valence-electron chi connectivity index (χ3n) is 4.24. The van der Waals surface area contributed by atoms with Crippen molar-refractivity contribution in [3.05, 3.63) is 60.0 Å². The van der Waals surface area contributed by atoms with Gasteiger partial charge in [-0.15, -0.1) is 0 Å². The fraction of sp³-hybridized carbons (Fsp3) is 0.300. The van der Waals surface area contributed by atoms with Crippen LogP contribution < -0.4 is 10.1 Å². The Hall–Kier alpha value is -2.86. The summed E-state index contributed by atoms with van der Waals surface area (Å²) in [6, 6.07) is 15.9.